The first kappa shape index (κ1) is 24.5. The summed E-state index contributed by atoms with van der Waals surface area (Å²) < 4.78 is 52.8. The third-order valence-electron chi connectivity index (χ3n) is 6.18. The summed E-state index contributed by atoms with van der Waals surface area (Å²) in [4.78, 5) is 28.1. The number of aromatic nitrogens is 3. The number of benzene rings is 1. The second kappa shape index (κ2) is 9.69. The monoisotopic (exact) mass is 517 g/mol. The molecule has 2 aliphatic rings. The lowest BCUT2D eigenvalue weighted by Crippen LogP contribution is -2.37. The van der Waals surface area contributed by atoms with Crippen LogP contribution in [0.3, 0.4) is 0 Å². The SMILES string of the molecule is Cc1ccc(NC(=O)c2ccnc(C(F)F)c2)cc1-c1nc2c(c(N3CCOCC3)n1)S(O)(O)CC2. The molecule has 1 aromatic carbocycles. The molecule has 0 aliphatic carbocycles. The van der Waals surface area contributed by atoms with Crippen LogP contribution in [0.4, 0.5) is 20.3 Å². The zero-order valence-corrected chi connectivity index (χ0v) is 20.3. The van der Waals surface area contributed by atoms with E-state index in [0.29, 0.717) is 66.2 Å². The van der Waals surface area contributed by atoms with Gasteiger partial charge in [-0.3, -0.25) is 18.9 Å². The van der Waals surface area contributed by atoms with Crippen molar-refractivity contribution in [2.75, 3.05) is 42.3 Å². The van der Waals surface area contributed by atoms with Crippen LogP contribution in [0.25, 0.3) is 11.4 Å². The normalized spacial score (nSPS) is 17.7. The minimum Gasteiger partial charge on any atom is -0.378 e. The number of carbonyl (C=O) groups excluding carboxylic acids is 1. The Morgan fingerprint density at radius 3 is 2.69 bits per heavy atom. The van der Waals surface area contributed by atoms with Crippen molar-refractivity contribution < 1.29 is 27.4 Å². The maximum Gasteiger partial charge on any atom is 0.280 e. The molecule has 3 aromatic rings. The smallest absolute Gasteiger partial charge is 0.280 e. The average Bonchev–Trinajstić information content (AvgIpc) is 3.19. The molecule has 190 valence electrons. The number of hydrogen-bond donors (Lipinski definition) is 3. The Morgan fingerprint density at radius 1 is 1.17 bits per heavy atom. The third-order valence-corrected chi connectivity index (χ3v) is 8.03. The van der Waals surface area contributed by atoms with E-state index in [-0.39, 0.29) is 11.3 Å². The van der Waals surface area contributed by atoms with Crippen LogP contribution < -0.4 is 10.2 Å². The minimum absolute atomic E-state index is 0.0658. The predicted molar refractivity (Wildman–Crippen MR) is 132 cm³/mol. The highest BCUT2D eigenvalue weighted by atomic mass is 32.3. The Bertz CT molecular complexity index is 1320. The lowest BCUT2D eigenvalue weighted by molar-refractivity contribution is 0.102. The number of ether oxygens (including phenoxy) is 1. The maximum atomic E-state index is 13.0. The minimum atomic E-state index is -2.98. The molecular weight excluding hydrogens is 492 g/mol. The van der Waals surface area contributed by atoms with Gasteiger partial charge in [0, 0.05) is 48.3 Å². The molecule has 0 bridgehead atoms. The van der Waals surface area contributed by atoms with Crippen LogP contribution in [0, 0.1) is 6.92 Å². The van der Waals surface area contributed by atoms with Crippen molar-refractivity contribution in [2.45, 2.75) is 24.7 Å². The van der Waals surface area contributed by atoms with E-state index in [9.17, 15) is 22.7 Å². The third kappa shape index (κ3) is 4.76. The molecule has 9 nitrogen and oxygen atoms in total. The van der Waals surface area contributed by atoms with Crippen molar-refractivity contribution in [3.05, 3.63) is 59.0 Å². The number of aryl methyl sites for hydroxylation is 2. The summed E-state index contributed by atoms with van der Waals surface area (Å²) in [6.07, 6.45) is -1.18. The van der Waals surface area contributed by atoms with Crippen LogP contribution in [0.15, 0.2) is 41.4 Å². The van der Waals surface area contributed by atoms with Crippen LogP contribution in [-0.2, 0) is 11.2 Å². The van der Waals surface area contributed by atoms with Crippen molar-refractivity contribution in [3.63, 3.8) is 0 Å². The average molecular weight is 518 g/mol. The van der Waals surface area contributed by atoms with Crippen LogP contribution >= 0.6 is 10.6 Å². The highest BCUT2D eigenvalue weighted by molar-refractivity contribution is 8.24. The first-order valence-corrected chi connectivity index (χ1v) is 13.1. The van der Waals surface area contributed by atoms with E-state index in [1.165, 1.54) is 12.3 Å². The number of carbonyl (C=O) groups is 1. The Kier molecular flexibility index (Phi) is 6.60. The zero-order chi connectivity index (χ0) is 25.4. The summed E-state index contributed by atoms with van der Waals surface area (Å²) in [5.74, 6) is 0.567. The molecule has 1 fully saturated rings. The van der Waals surface area contributed by atoms with Gasteiger partial charge >= 0.3 is 0 Å². The molecule has 0 saturated carbocycles. The first-order chi connectivity index (χ1) is 17.2. The number of rotatable bonds is 5. The molecular formula is C24H25F2N5O4S. The molecule has 0 radical (unpaired) electrons. The Morgan fingerprint density at radius 2 is 1.94 bits per heavy atom. The standard InChI is InChI=1S/C24H25F2N5O4S/c1-14-2-3-16(28-24(32)15-4-6-27-19(12-15)21(25)26)13-17(14)22-29-18-5-11-36(33,34)20(18)23(30-22)31-7-9-35-10-8-31/h2-4,6,12-13,21,33-34H,5,7-11H2,1H3,(H,28,32). The number of fused-ring (bicyclic) bond motifs is 1. The van der Waals surface area contributed by atoms with E-state index in [1.807, 2.05) is 11.8 Å². The number of nitrogens with one attached hydrogen (secondary N) is 1. The largest absolute Gasteiger partial charge is 0.378 e. The highest BCUT2D eigenvalue weighted by Gasteiger charge is 2.35. The molecule has 12 heteroatoms. The van der Waals surface area contributed by atoms with Gasteiger partial charge in [0.05, 0.1) is 18.9 Å². The van der Waals surface area contributed by atoms with E-state index in [2.05, 4.69) is 15.3 Å². The van der Waals surface area contributed by atoms with Crippen molar-refractivity contribution >= 4 is 28.0 Å². The summed E-state index contributed by atoms with van der Waals surface area (Å²) in [5, 5.41) is 2.74. The van der Waals surface area contributed by atoms with E-state index in [0.717, 1.165) is 11.6 Å². The number of morpholine rings is 1. The Labute approximate surface area is 207 Å². The van der Waals surface area contributed by atoms with Gasteiger partial charge < -0.3 is 15.0 Å². The van der Waals surface area contributed by atoms with Gasteiger partial charge in [-0.2, -0.15) is 10.6 Å². The van der Waals surface area contributed by atoms with Crippen LogP contribution in [0.5, 0.6) is 0 Å². The lowest BCUT2D eigenvalue weighted by atomic mass is 10.1. The fourth-order valence-electron chi connectivity index (χ4n) is 4.29. The molecule has 5 rings (SSSR count). The van der Waals surface area contributed by atoms with Crippen molar-refractivity contribution in [1.82, 2.24) is 15.0 Å². The van der Waals surface area contributed by atoms with Gasteiger partial charge in [-0.05, 0) is 36.8 Å². The lowest BCUT2D eigenvalue weighted by Gasteiger charge is -2.34. The zero-order valence-electron chi connectivity index (χ0n) is 19.4. The molecule has 0 spiro atoms. The highest BCUT2D eigenvalue weighted by Crippen LogP contribution is 2.58. The number of hydrogen-bond acceptors (Lipinski definition) is 8. The molecule has 0 atom stereocenters. The summed E-state index contributed by atoms with van der Waals surface area (Å²) >= 11 is 0. The second-order valence-electron chi connectivity index (χ2n) is 8.62. The molecule has 3 N–H and O–H groups in total. The summed E-state index contributed by atoms with van der Waals surface area (Å²) in [6.45, 7) is 4.05. The number of amides is 1. The summed E-state index contributed by atoms with van der Waals surface area (Å²) in [7, 11) is -2.98. The number of nitrogens with zero attached hydrogens (tertiary/aromatic N) is 4. The van der Waals surface area contributed by atoms with Crippen molar-refractivity contribution in [1.29, 1.82) is 0 Å². The molecule has 1 saturated heterocycles. The molecule has 36 heavy (non-hydrogen) atoms. The van der Waals surface area contributed by atoms with Gasteiger partial charge in [0.15, 0.2) is 11.6 Å². The molecule has 4 heterocycles. The van der Waals surface area contributed by atoms with Gasteiger partial charge in [-0.1, -0.05) is 6.07 Å². The van der Waals surface area contributed by atoms with E-state index < -0.39 is 28.6 Å². The van der Waals surface area contributed by atoms with E-state index >= 15 is 0 Å². The number of halogens is 2. The molecule has 2 aliphatic heterocycles. The van der Waals surface area contributed by atoms with Crippen LogP contribution in [0.2, 0.25) is 0 Å². The molecule has 0 unspecified atom stereocenters. The van der Waals surface area contributed by atoms with Gasteiger partial charge in [0.2, 0.25) is 0 Å². The summed E-state index contributed by atoms with van der Waals surface area (Å²) in [6, 6.07) is 7.67. The van der Waals surface area contributed by atoms with Gasteiger partial charge in [-0.25, -0.2) is 18.7 Å². The number of anilines is 2. The van der Waals surface area contributed by atoms with Gasteiger partial charge in [0.1, 0.15) is 10.6 Å². The second-order valence-corrected chi connectivity index (χ2v) is 10.8. The quantitative estimate of drug-likeness (QED) is 0.451. The van der Waals surface area contributed by atoms with Gasteiger partial charge in [0.25, 0.3) is 12.3 Å². The van der Waals surface area contributed by atoms with E-state index in [4.69, 9.17) is 9.72 Å². The topological polar surface area (TPSA) is 121 Å². The fourth-order valence-corrected chi connectivity index (χ4v) is 5.97. The fraction of sp³-hybridized carbons (Fsp3) is 0.333. The van der Waals surface area contributed by atoms with Crippen molar-refractivity contribution in [3.8, 4) is 11.4 Å². The number of pyridine rings is 1. The Hall–Kier alpha value is -3.19. The summed E-state index contributed by atoms with van der Waals surface area (Å²) in [5.41, 5.74) is 2.16. The number of alkyl halides is 2. The van der Waals surface area contributed by atoms with Crippen LogP contribution in [-0.4, -0.2) is 62.0 Å². The molecule has 2 aromatic heterocycles. The first-order valence-electron chi connectivity index (χ1n) is 11.4. The van der Waals surface area contributed by atoms with Crippen molar-refractivity contribution in [2.24, 2.45) is 0 Å². The Balaban J connectivity index is 1.50. The maximum absolute atomic E-state index is 13.0. The van der Waals surface area contributed by atoms with E-state index in [1.54, 1.807) is 18.2 Å². The molecule has 1 amide bonds. The van der Waals surface area contributed by atoms with Gasteiger partial charge in [-0.15, -0.1) is 0 Å². The van der Waals surface area contributed by atoms with Crippen LogP contribution in [0.1, 0.15) is 33.7 Å². The predicted octanol–water partition coefficient (Wildman–Crippen LogP) is 4.54.